The third-order valence-electron chi connectivity index (χ3n) is 3.96. The summed E-state index contributed by atoms with van der Waals surface area (Å²) in [5.74, 6) is 0.851. The van der Waals surface area contributed by atoms with Crippen molar-refractivity contribution in [3.8, 4) is 5.75 Å². The van der Waals surface area contributed by atoms with Crippen molar-refractivity contribution in [3.63, 3.8) is 0 Å². The van der Waals surface area contributed by atoms with E-state index >= 15 is 0 Å². The molecule has 0 bridgehead atoms. The van der Waals surface area contributed by atoms with E-state index in [1.807, 2.05) is 38.1 Å². The van der Waals surface area contributed by atoms with Crippen LogP contribution in [0.25, 0.3) is 0 Å². The number of ether oxygens (including phenoxy) is 1. The molecule has 0 aliphatic heterocycles. The molecule has 1 aliphatic rings. The SMILES string of the molecule is CC(C)Oc1cccc(C2(O)CCCC(C)(C)C2)c1. The Morgan fingerprint density at radius 2 is 1.95 bits per heavy atom. The zero-order valence-corrected chi connectivity index (χ0v) is 12.6. The molecule has 2 nitrogen and oxygen atoms in total. The summed E-state index contributed by atoms with van der Waals surface area (Å²) in [6.45, 7) is 8.52. The van der Waals surface area contributed by atoms with Crippen LogP contribution in [0.1, 0.15) is 58.9 Å². The van der Waals surface area contributed by atoms with Crippen LogP contribution in [0.3, 0.4) is 0 Å². The van der Waals surface area contributed by atoms with E-state index in [0.717, 1.165) is 30.6 Å². The minimum absolute atomic E-state index is 0.160. The summed E-state index contributed by atoms with van der Waals surface area (Å²) in [6, 6.07) is 7.96. The Hall–Kier alpha value is -1.02. The molecule has 0 radical (unpaired) electrons. The fourth-order valence-electron chi connectivity index (χ4n) is 3.21. The summed E-state index contributed by atoms with van der Waals surface area (Å²) >= 11 is 0. The molecule has 1 saturated carbocycles. The van der Waals surface area contributed by atoms with Gasteiger partial charge in [0.05, 0.1) is 11.7 Å². The molecule has 0 heterocycles. The van der Waals surface area contributed by atoms with E-state index in [1.165, 1.54) is 6.42 Å². The van der Waals surface area contributed by atoms with Gasteiger partial charge in [-0.2, -0.15) is 0 Å². The highest BCUT2D eigenvalue weighted by Crippen LogP contribution is 2.46. The predicted molar refractivity (Wildman–Crippen MR) is 78.4 cm³/mol. The summed E-state index contributed by atoms with van der Waals surface area (Å²) in [4.78, 5) is 0. The summed E-state index contributed by atoms with van der Waals surface area (Å²) in [5, 5.41) is 11.0. The second-order valence-electron chi connectivity index (χ2n) is 6.92. The maximum absolute atomic E-state index is 11.0. The first kappa shape index (κ1) is 14.4. The smallest absolute Gasteiger partial charge is 0.120 e. The van der Waals surface area contributed by atoms with E-state index in [0.29, 0.717) is 0 Å². The van der Waals surface area contributed by atoms with E-state index in [9.17, 15) is 5.11 Å². The molecule has 0 saturated heterocycles. The van der Waals surface area contributed by atoms with Crippen molar-refractivity contribution in [2.75, 3.05) is 0 Å². The maximum Gasteiger partial charge on any atom is 0.120 e. The summed E-state index contributed by atoms with van der Waals surface area (Å²) in [5.41, 5.74) is 0.512. The number of hydrogen-bond donors (Lipinski definition) is 1. The van der Waals surface area contributed by atoms with Gasteiger partial charge in [-0.1, -0.05) is 26.0 Å². The Balaban J connectivity index is 2.25. The normalized spacial score (nSPS) is 26.4. The zero-order valence-electron chi connectivity index (χ0n) is 12.6. The van der Waals surface area contributed by atoms with Crippen molar-refractivity contribution < 1.29 is 9.84 Å². The fourth-order valence-corrected chi connectivity index (χ4v) is 3.21. The van der Waals surface area contributed by atoms with Crippen LogP contribution < -0.4 is 4.74 Å². The molecule has 0 amide bonds. The van der Waals surface area contributed by atoms with Gasteiger partial charge in [-0.05, 0) is 62.6 Å². The molecule has 1 unspecified atom stereocenters. The van der Waals surface area contributed by atoms with Crippen molar-refractivity contribution >= 4 is 0 Å². The highest BCUT2D eigenvalue weighted by Gasteiger charge is 2.39. The molecule has 2 rings (SSSR count). The molecule has 0 spiro atoms. The highest BCUT2D eigenvalue weighted by atomic mass is 16.5. The van der Waals surface area contributed by atoms with E-state index in [-0.39, 0.29) is 11.5 Å². The topological polar surface area (TPSA) is 29.5 Å². The predicted octanol–water partition coefficient (Wildman–Crippen LogP) is 4.26. The van der Waals surface area contributed by atoms with Crippen LogP contribution >= 0.6 is 0 Å². The minimum atomic E-state index is -0.696. The molecule has 1 aliphatic carbocycles. The Kier molecular flexibility index (Phi) is 3.91. The lowest BCUT2D eigenvalue weighted by atomic mass is 9.67. The molecular weight excluding hydrogens is 236 g/mol. The van der Waals surface area contributed by atoms with Crippen molar-refractivity contribution in [1.82, 2.24) is 0 Å². The van der Waals surface area contributed by atoms with Gasteiger partial charge in [0.2, 0.25) is 0 Å². The number of rotatable bonds is 3. The monoisotopic (exact) mass is 262 g/mol. The van der Waals surface area contributed by atoms with Gasteiger partial charge in [-0.25, -0.2) is 0 Å². The van der Waals surface area contributed by atoms with Crippen LogP contribution in [0.15, 0.2) is 24.3 Å². The van der Waals surface area contributed by atoms with Gasteiger partial charge in [-0.15, -0.1) is 0 Å². The number of hydrogen-bond acceptors (Lipinski definition) is 2. The molecule has 1 fully saturated rings. The molecule has 19 heavy (non-hydrogen) atoms. The Bertz CT molecular complexity index is 437. The lowest BCUT2D eigenvalue weighted by molar-refractivity contribution is -0.0442. The average molecular weight is 262 g/mol. The Morgan fingerprint density at radius 1 is 1.21 bits per heavy atom. The lowest BCUT2D eigenvalue weighted by Crippen LogP contribution is -2.36. The van der Waals surface area contributed by atoms with Crippen LogP contribution in [0.2, 0.25) is 0 Å². The van der Waals surface area contributed by atoms with Crippen LogP contribution in [0.5, 0.6) is 5.75 Å². The molecule has 106 valence electrons. The minimum Gasteiger partial charge on any atom is -0.491 e. The second-order valence-corrected chi connectivity index (χ2v) is 6.92. The molecule has 2 heteroatoms. The van der Waals surface area contributed by atoms with Crippen LogP contribution in [-0.2, 0) is 5.60 Å². The average Bonchev–Trinajstić information content (AvgIpc) is 2.26. The van der Waals surface area contributed by atoms with Gasteiger partial charge >= 0.3 is 0 Å². The summed E-state index contributed by atoms with van der Waals surface area (Å²) < 4.78 is 5.73. The van der Waals surface area contributed by atoms with Gasteiger partial charge in [0, 0.05) is 0 Å². The van der Waals surface area contributed by atoms with Crippen molar-refractivity contribution in [2.24, 2.45) is 5.41 Å². The van der Waals surface area contributed by atoms with Gasteiger partial charge < -0.3 is 9.84 Å². The molecule has 1 aromatic carbocycles. The molecular formula is C17H26O2. The largest absolute Gasteiger partial charge is 0.491 e. The van der Waals surface area contributed by atoms with Crippen LogP contribution in [-0.4, -0.2) is 11.2 Å². The maximum atomic E-state index is 11.0. The first-order valence-electron chi connectivity index (χ1n) is 7.30. The van der Waals surface area contributed by atoms with Crippen LogP contribution in [0, 0.1) is 5.41 Å². The summed E-state index contributed by atoms with van der Waals surface area (Å²) in [6.07, 6.45) is 4.11. The zero-order chi connectivity index (χ0) is 14.1. The van der Waals surface area contributed by atoms with Crippen molar-refractivity contribution in [3.05, 3.63) is 29.8 Å². The first-order chi connectivity index (χ1) is 8.81. The van der Waals surface area contributed by atoms with Gasteiger partial charge in [0.15, 0.2) is 0 Å². The van der Waals surface area contributed by atoms with E-state index in [1.54, 1.807) is 0 Å². The summed E-state index contributed by atoms with van der Waals surface area (Å²) in [7, 11) is 0. The number of aliphatic hydroxyl groups is 1. The van der Waals surface area contributed by atoms with E-state index < -0.39 is 5.60 Å². The Labute approximate surface area is 116 Å². The van der Waals surface area contributed by atoms with Crippen molar-refractivity contribution in [2.45, 2.75) is 65.1 Å². The first-order valence-corrected chi connectivity index (χ1v) is 7.30. The van der Waals surface area contributed by atoms with Crippen molar-refractivity contribution in [1.29, 1.82) is 0 Å². The van der Waals surface area contributed by atoms with Gasteiger partial charge in [0.1, 0.15) is 5.75 Å². The fraction of sp³-hybridized carbons (Fsp3) is 0.647. The van der Waals surface area contributed by atoms with E-state index in [2.05, 4.69) is 13.8 Å². The van der Waals surface area contributed by atoms with E-state index in [4.69, 9.17) is 4.74 Å². The second kappa shape index (κ2) is 5.16. The van der Waals surface area contributed by atoms with Crippen LogP contribution in [0.4, 0.5) is 0 Å². The lowest BCUT2D eigenvalue weighted by Gasteiger charge is -2.42. The third-order valence-corrected chi connectivity index (χ3v) is 3.96. The highest BCUT2D eigenvalue weighted by molar-refractivity contribution is 5.33. The number of benzene rings is 1. The molecule has 0 aromatic heterocycles. The standard InChI is InChI=1S/C17H26O2/c1-13(2)19-15-8-5-7-14(11-15)17(18)10-6-9-16(3,4)12-17/h5,7-8,11,13,18H,6,9-10,12H2,1-4H3. The van der Waals surface area contributed by atoms with Gasteiger partial charge in [0.25, 0.3) is 0 Å². The third kappa shape index (κ3) is 3.50. The quantitative estimate of drug-likeness (QED) is 0.882. The van der Waals surface area contributed by atoms with Gasteiger partial charge in [-0.3, -0.25) is 0 Å². The molecule has 1 N–H and O–H groups in total. The molecule has 1 aromatic rings. The molecule has 1 atom stereocenters. The Morgan fingerprint density at radius 3 is 2.58 bits per heavy atom.